The molecule has 62 valence electrons. The summed E-state index contributed by atoms with van der Waals surface area (Å²) < 4.78 is 35.5. The second-order valence-corrected chi connectivity index (χ2v) is 1.94. The highest BCUT2D eigenvalue weighted by Crippen LogP contribution is 2.21. The van der Waals surface area contributed by atoms with Crippen LogP contribution in [0.1, 0.15) is 5.69 Å². The van der Waals surface area contributed by atoms with Gasteiger partial charge in [-0.2, -0.15) is 0 Å². The van der Waals surface area contributed by atoms with Gasteiger partial charge in [-0.1, -0.05) is 0 Å². The molecule has 0 aliphatic heterocycles. The zero-order valence-electron chi connectivity index (χ0n) is 5.47. The Morgan fingerprint density at radius 3 is 2.45 bits per heavy atom. The van der Waals surface area contributed by atoms with E-state index in [0.29, 0.717) is 6.33 Å². The van der Waals surface area contributed by atoms with E-state index in [-0.39, 0.29) is 16.8 Å². The quantitative estimate of drug-likeness (QED) is 0.669. The van der Waals surface area contributed by atoms with Crippen molar-refractivity contribution in [3.05, 3.63) is 18.2 Å². The number of rotatable bonds is 1. The van der Waals surface area contributed by atoms with Gasteiger partial charge in [-0.3, -0.25) is 0 Å². The molecule has 0 saturated heterocycles. The highest BCUT2D eigenvalue weighted by atomic mass is 19.4. The number of hydrogen-bond acceptors (Lipinski definition) is 2. The van der Waals surface area contributed by atoms with Gasteiger partial charge in [-0.05, 0) is 0 Å². The van der Waals surface area contributed by atoms with Gasteiger partial charge in [0.05, 0.1) is 5.69 Å². The summed E-state index contributed by atoms with van der Waals surface area (Å²) in [6.07, 6.45) is -2.83. The molecule has 1 rings (SSSR count). The number of aromatic nitrogens is 2. The maximum atomic E-state index is 11.8. The van der Waals surface area contributed by atoms with Gasteiger partial charge in [0.15, 0.2) is 0 Å². The predicted octanol–water partition coefficient (Wildman–Crippen LogP) is 0.818. The molecule has 0 spiro atoms. The van der Waals surface area contributed by atoms with E-state index in [1.165, 1.54) is 0 Å². The fourth-order valence-electron chi connectivity index (χ4n) is 0.608. The molecule has 1 heterocycles. The molecule has 1 aromatic rings. The van der Waals surface area contributed by atoms with E-state index in [2.05, 4.69) is 4.98 Å². The van der Waals surface area contributed by atoms with Crippen LogP contribution in [0.15, 0.2) is 12.5 Å². The Kier molecular flexibility index (Phi) is 1.86. The molecule has 6 heteroatoms. The van der Waals surface area contributed by atoms with Gasteiger partial charge in [0.1, 0.15) is 6.33 Å². The van der Waals surface area contributed by atoms with Crippen molar-refractivity contribution >= 4 is 0 Å². The van der Waals surface area contributed by atoms with E-state index in [9.17, 15) is 13.2 Å². The van der Waals surface area contributed by atoms with Crippen LogP contribution in [0.3, 0.4) is 0 Å². The Morgan fingerprint density at radius 2 is 2.18 bits per heavy atom. The standard InChI is InChI=1S/C5H6F3N3/c6-5(7,8)11-2-4(1-9)10-3-11/h2-3H,1,9H2. The Hall–Kier alpha value is -1.04. The molecule has 1 aromatic heterocycles. The van der Waals surface area contributed by atoms with Gasteiger partial charge in [0, 0.05) is 12.7 Å². The molecule has 0 saturated carbocycles. The highest BCUT2D eigenvalue weighted by molar-refractivity contribution is 4.95. The van der Waals surface area contributed by atoms with E-state index in [1.54, 1.807) is 0 Å². The van der Waals surface area contributed by atoms with Gasteiger partial charge < -0.3 is 5.73 Å². The summed E-state index contributed by atoms with van der Waals surface area (Å²) in [5.74, 6) is 0. The number of imidazole rings is 1. The minimum atomic E-state index is -4.39. The van der Waals surface area contributed by atoms with E-state index in [0.717, 1.165) is 6.20 Å². The molecule has 0 atom stereocenters. The maximum Gasteiger partial charge on any atom is 0.489 e. The van der Waals surface area contributed by atoms with Crippen LogP contribution in [0, 0.1) is 0 Å². The molecule has 0 bridgehead atoms. The van der Waals surface area contributed by atoms with Crippen molar-refractivity contribution in [2.24, 2.45) is 5.73 Å². The van der Waals surface area contributed by atoms with Crippen molar-refractivity contribution in [2.45, 2.75) is 12.8 Å². The van der Waals surface area contributed by atoms with Gasteiger partial charge in [0.25, 0.3) is 0 Å². The maximum absolute atomic E-state index is 11.8. The molecule has 0 amide bonds. The highest BCUT2D eigenvalue weighted by Gasteiger charge is 2.30. The summed E-state index contributed by atoms with van der Waals surface area (Å²) in [6, 6.07) is 0. The average Bonchev–Trinajstić information content (AvgIpc) is 2.32. The second-order valence-electron chi connectivity index (χ2n) is 1.94. The SMILES string of the molecule is NCc1cn(C(F)(F)F)cn1. The smallest absolute Gasteiger partial charge is 0.325 e. The zero-order chi connectivity index (χ0) is 8.48. The third-order valence-corrected chi connectivity index (χ3v) is 1.14. The van der Waals surface area contributed by atoms with Crippen molar-refractivity contribution < 1.29 is 13.2 Å². The van der Waals surface area contributed by atoms with E-state index in [1.807, 2.05) is 0 Å². The fourth-order valence-corrected chi connectivity index (χ4v) is 0.608. The van der Waals surface area contributed by atoms with E-state index >= 15 is 0 Å². The van der Waals surface area contributed by atoms with Crippen LogP contribution >= 0.6 is 0 Å². The number of nitrogens with two attached hydrogens (primary N) is 1. The van der Waals surface area contributed by atoms with Crippen LogP contribution in [-0.2, 0) is 12.8 Å². The summed E-state index contributed by atoms with van der Waals surface area (Å²) >= 11 is 0. The Morgan fingerprint density at radius 1 is 1.55 bits per heavy atom. The Labute approximate surface area is 60.6 Å². The van der Waals surface area contributed by atoms with Crippen molar-refractivity contribution in [2.75, 3.05) is 0 Å². The summed E-state index contributed by atoms with van der Waals surface area (Å²) in [7, 11) is 0. The van der Waals surface area contributed by atoms with Gasteiger partial charge >= 0.3 is 6.30 Å². The van der Waals surface area contributed by atoms with Gasteiger partial charge in [-0.15, -0.1) is 13.2 Å². The lowest BCUT2D eigenvalue weighted by molar-refractivity contribution is -0.204. The van der Waals surface area contributed by atoms with E-state index in [4.69, 9.17) is 5.73 Å². The summed E-state index contributed by atoms with van der Waals surface area (Å²) in [5, 5.41) is 0. The zero-order valence-corrected chi connectivity index (χ0v) is 5.47. The predicted molar refractivity (Wildman–Crippen MR) is 31.4 cm³/mol. The first kappa shape index (κ1) is 8.06. The van der Waals surface area contributed by atoms with Crippen LogP contribution in [0.4, 0.5) is 13.2 Å². The van der Waals surface area contributed by atoms with Crippen LogP contribution < -0.4 is 5.73 Å². The molecular formula is C5H6F3N3. The molecule has 0 unspecified atom stereocenters. The van der Waals surface area contributed by atoms with Crippen molar-refractivity contribution in [1.82, 2.24) is 9.55 Å². The first-order chi connectivity index (χ1) is 5.04. The monoisotopic (exact) mass is 165 g/mol. The lowest BCUT2D eigenvalue weighted by Gasteiger charge is -2.04. The van der Waals surface area contributed by atoms with Crippen molar-refractivity contribution in [3.8, 4) is 0 Å². The van der Waals surface area contributed by atoms with E-state index < -0.39 is 6.30 Å². The molecule has 0 aromatic carbocycles. The molecule has 3 nitrogen and oxygen atoms in total. The molecule has 0 fully saturated rings. The number of halogens is 3. The molecule has 11 heavy (non-hydrogen) atoms. The molecule has 2 N–H and O–H groups in total. The third-order valence-electron chi connectivity index (χ3n) is 1.14. The fraction of sp³-hybridized carbons (Fsp3) is 0.400. The van der Waals surface area contributed by atoms with Crippen LogP contribution in [0.2, 0.25) is 0 Å². The molecule has 0 aliphatic rings. The first-order valence-electron chi connectivity index (χ1n) is 2.84. The van der Waals surface area contributed by atoms with Crippen LogP contribution in [0.25, 0.3) is 0 Å². The molecule has 0 aliphatic carbocycles. The number of alkyl halides is 3. The van der Waals surface area contributed by atoms with Crippen LogP contribution in [0.5, 0.6) is 0 Å². The third kappa shape index (κ3) is 1.70. The first-order valence-corrected chi connectivity index (χ1v) is 2.84. The van der Waals surface area contributed by atoms with Gasteiger partial charge in [-0.25, -0.2) is 9.55 Å². The minimum Gasteiger partial charge on any atom is -0.325 e. The Balaban J connectivity index is 2.89. The molecular weight excluding hydrogens is 159 g/mol. The average molecular weight is 165 g/mol. The van der Waals surface area contributed by atoms with Crippen molar-refractivity contribution in [1.29, 1.82) is 0 Å². The number of nitrogens with zero attached hydrogens (tertiary/aromatic N) is 2. The topological polar surface area (TPSA) is 43.8 Å². The summed E-state index contributed by atoms with van der Waals surface area (Å²) in [6.45, 7) is 0.0169. The minimum absolute atomic E-state index is 0.0169. The van der Waals surface area contributed by atoms with Crippen LogP contribution in [-0.4, -0.2) is 9.55 Å². The summed E-state index contributed by atoms with van der Waals surface area (Å²) in [5.41, 5.74) is 5.29. The molecule has 0 radical (unpaired) electrons. The number of hydrogen-bond donors (Lipinski definition) is 1. The Bertz CT molecular complexity index is 239. The summed E-state index contributed by atoms with van der Waals surface area (Å²) in [4.78, 5) is 3.42. The normalized spacial score (nSPS) is 12.0. The lowest BCUT2D eigenvalue weighted by atomic mass is 10.5. The second kappa shape index (κ2) is 2.54. The largest absolute Gasteiger partial charge is 0.489 e. The lowest BCUT2D eigenvalue weighted by Crippen LogP contribution is -2.14. The van der Waals surface area contributed by atoms with Crippen molar-refractivity contribution in [3.63, 3.8) is 0 Å². The van der Waals surface area contributed by atoms with Gasteiger partial charge in [0.2, 0.25) is 0 Å².